The summed E-state index contributed by atoms with van der Waals surface area (Å²) in [5, 5.41) is 29.0. The molecule has 0 aliphatic carbocycles. The third-order valence-electron chi connectivity index (χ3n) is 2.38. The van der Waals surface area contributed by atoms with Gasteiger partial charge in [0.05, 0.1) is 0 Å². The average molecular weight is 250 g/mol. The molecule has 4 nitrogen and oxygen atoms in total. The van der Waals surface area contributed by atoms with Crippen LogP contribution < -0.4 is 5.23 Å². The second kappa shape index (κ2) is 4.61. The Morgan fingerprint density at radius 1 is 1.18 bits per heavy atom. The van der Waals surface area contributed by atoms with Crippen LogP contribution in [0.4, 0.5) is 18.9 Å². The van der Waals surface area contributed by atoms with Crippen molar-refractivity contribution in [2.24, 2.45) is 0 Å². The van der Waals surface area contributed by atoms with Gasteiger partial charge in [0, 0.05) is 11.1 Å². The summed E-state index contributed by atoms with van der Waals surface area (Å²) < 4.78 is 36.8. The van der Waals surface area contributed by atoms with Gasteiger partial charge in [-0.1, -0.05) is 0 Å². The number of aliphatic hydroxyl groups excluding tert-OH is 1. The number of rotatable bonds is 2. The van der Waals surface area contributed by atoms with Gasteiger partial charge in [0.2, 0.25) is 0 Å². The summed E-state index contributed by atoms with van der Waals surface area (Å²) in [4.78, 5) is 0. The highest BCUT2D eigenvalue weighted by atomic mass is 19.4. The van der Waals surface area contributed by atoms with Gasteiger partial charge in [-0.15, -0.1) is 0 Å². The Bertz CT molecular complexity index is 395. The van der Waals surface area contributed by atoms with Crippen molar-refractivity contribution in [3.8, 4) is 0 Å². The van der Waals surface area contributed by atoms with Crippen molar-refractivity contribution in [1.82, 2.24) is 0 Å². The predicted octanol–water partition coefficient (Wildman–Crippen LogP) is 1.41. The lowest BCUT2D eigenvalue weighted by atomic mass is 10.0. The first-order chi connectivity index (χ1) is 7.64. The fourth-order valence-corrected chi connectivity index (χ4v) is 1.67. The molecule has 0 heterocycles. The van der Waals surface area contributed by atoms with Crippen LogP contribution in [0.2, 0.25) is 0 Å². The minimum Gasteiger partial charge on any atom is -0.628 e. The maximum Gasteiger partial charge on any atom is 0.418 e. The maximum absolute atomic E-state index is 12.3. The lowest BCUT2D eigenvalue weighted by Gasteiger charge is -2.28. The Hall–Kier alpha value is -1.15. The van der Waals surface area contributed by atoms with E-state index in [1.54, 1.807) is 0 Å². The Kier molecular flexibility index (Phi) is 3.78. The fraction of sp³-hybridized carbons (Fsp3) is 0.400. The second-order valence-corrected chi connectivity index (χ2v) is 3.76. The van der Waals surface area contributed by atoms with E-state index < -0.39 is 17.5 Å². The molecule has 1 atom stereocenters. The smallest absolute Gasteiger partial charge is 0.418 e. The Labute approximate surface area is 95.4 Å². The standard InChI is InChI=1S/C10H11F3NO3/c1-5-3-7(9(15)10(11,12)13)4-6(2)8(5)14(16)17/h3-4,9,14-15H,1-2H3/q-1. The van der Waals surface area contributed by atoms with Gasteiger partial charge in [0.25, 0.3) is 0 Å². The van der Waals surface area contributed by atoms with Gasteiger partial charge in [-0.05, 0) is 31.5 Å². The molecule has 17 heavy (non-hydrogen) atoms. The fourth-order valence-electron chi connectivity index (χ4n) is 1.67. The van der Waals surface area contributed by atoms with E-state index in [2.05, 4.69) is 0 Å². The third-order valence-corrected chi connectivity index (χ3v) is 2.38. The summed E-state index contributed by atoms with van der Waals surface area (Å²) in [6, 6.07) is 1.99. The number of alkyl halides is 3. The number of halogens is 3. The van der Waals surface area contributed by atoms with Crippen LogP contribution >= 0.6 is 0 Å². The van der Waals surface area contributed by atoms with Crippen LogP contribution in [-0.4, -0.2) is 11.3 Å². The summed E-state index contributed by atoms with van der Waals surface area (Å²) >= 11 is 0. The third kappa shape index (κ3) is 2.95. The van der Waals surface area contributed by atoms with Gasteiger partial charge in [-0.25, -0.2) is 0 Å². The molecule has 7 heteroatoms. The molecule has 0 amide bonds. The molecule has 0 aliphatic heterocycles. The summed E-state index contributed by atoms with van der Waals surface area (Å²) in [5.74, 6) is 0. The van der Waals surface area contributed by atoms with E-state index in [4.69, 9.17) is 5.11 Å². The van der Waals surface area contributed by atoms with Crippen LogP contribution in [0.5, 0.6) is 0 Å². The minimum atomic E-state index is -4.78. The summed E-state index contributed by atoms with van der Waals surface area (Å²) in [5.41, 5.74) is -0.271. The van der Waals surface area contributed by atoms with Crippen LogP contribution in [0, 0.1) is 24.3 Å². The Morgan fingerprint density at radius 3 is 1.88 bits per heavy atom. The quantitative estimate of drug-likeness (QED) is 0.779. The van der Waals surface area contributed by atoms with Crippen molar-refractivity contribution in [2.45, 2.75) is 26.1 Å². The van der Waals surface area contributed by atoms with Gasteiger partial charge in [0.1, 0.15) is 5.69 Å². The topological polar surface area (TPSA) is 70.8 Å². The normalized spacial score (nSPS) is 14.2. The van der Waals surface area contributed by atoms with Gasteiger partial charge >= 0.3 is 6.18 Å². The van der Waals surface area contributed by atoms with Gasteiger partial charge < -0.3 is 20.7 Å². The van der Waals surface area contributed by atoms with Crippen molar-refractivity contribution in [3.63, 3.8) is 0 Å². The first kappa shape index (κ1) is 13.9. The lowest BCUT2D eigenvalue weighted by Crippen LogP contribution is -2.96. The van der Waals surface area contributed by atoms with Crippen LogP contribution in [0.15, 0.2) is 12.1 Å². The predicted molar refractivity (Wildman–Crippen MR) is 54.3 cm³/mol. The SMILES string of the molecule is Cc1cc(C(O)C(F)(F)F)cc(C)c1[NH+]([O-])[O-]. The number of nitrogens with one attached hydrogen (secondary N) is 1. The zero-order chi connectivity index (χ0) is 13.4. The molecule has 1 rings (SSSR count). The Morgan fingerprint density at radius 2 is 1.59 bits per heavy atom. The highest BCUT2D eigenvalue weighted by molar-refractivity contribution is 5.49. The van der Waals surface area contributed by atoms with Crippen molar-refractivity contribution in [2.75, 3.05) is 0 Å². The van der Waals surface area contributed by atoms with Crippen molar-refractivity contribution < 1.29 is 23.5 Å². The first-order valence-electron chi connectivity index (χ1n) is 4.72. The Balaban J connectivity index is 3.24. The molecule has 1 aromatic rings. The van der Waals surface area contributed by atoms with Gasteiger partial charge in [0.15, 0.2) is 6.10 Å². The van der Waals surface area contributed by atoms with Gasteiger partial charge in [-0.3, -0.25) is 0 Å². The first-order valence-corrected chi connectivity index (χ1v) is 4.72. The highest BCUT2D eigenvalue weighted by Gasteiger charge is 2.39. The summed E-state index contributed by atoms with van der Waals surface area (Å²) in [6.45, 7) is 2.70. The molecule has 1 aromatic carbocycles. The molecule has 96 valence electrons. The zero-order valence-corrected chi connectivity index (χ0v) is 9.13. The number of aliphatic hydroxyl groups is 1. The van der Waals surface area contributed by atoms with Crippen LogP contribution in [0.25, 0.3) is 0 Å². The average Bonchev–Trinajstić information content (AvgIpc) is 2.13. The highest BCUT2D eigenvalue weighted by Crippen LogP contribution is 2.34. The second-order valence-electron chi connectivity index (χ2n) is 3.76. The molecule has 2 N–H and O–H groups in total. The van der Waals surface area contributed by atoms with Crippen LogP contribution in [0.3, 0.4) is 0 Å². The van der Waals surface area contributed by atoms with E-state index in [0.717, 1.165) is 12.1 Å². The van der Waals surface area contributed by atoms with Crippen LogP contribution in [-0.2, 0) is 0 Å². The largest absolute Gasteiger partial charge is 0.628 e. The van der Waals surface area contributed by atoms with Crippen molar-refractivity contribution >= 4 is 5.69 Å². The molecular formula is C10H11F3NO3-. The minimum absolute atomic E-state index is 0.128. The summed E-state index contributed by atoms with van der Waals surface area (Å²) in [7, 11) is 0. The number of aryl methyl sites for hydroxylation is 2. The van der Waals surface area contributed by atoms with E-state index in [1.165, 1.54) is 13.8 Å². The molecule has 0 radical (unpaired) electrons. The van der Waals surface area contributed by atoms with Gasteiger partial charge in [-0.2, -0.15) is 13.2 Å². The molecule has 0 saturated carbocycles. The zero-order valence-electron chi connectivity index (χ0n) is 9.13. The number of hydrogen-bond acceptors (Lipinski definition) is 3. The molecule has 1 unspecified atom stereocenters. The van der Waals surface area contributed by atoms with Crippen molar-refractivity contribution in [3.05, 3.63) is 39.2 Å². The van der Waals surface area contributed by atoms with E-state index in [0.29, 0.717) is 0 Å². The molecule has 0 fully saturated rings. The van der Waals surface area contributed by atoms with E-state index >= 15 is 0 Å². The van der Waals surface area contributed by atoms with Crippen molar-refractivity contribution in [1.29, 1.82) is 0 Å². The molecule has 0 saturated heterocycles. The molecule has 0 bridgehead atoms. The van der Waals surface area contributed by atoms with E-state index in [9.17, 15) is 23.6 Å². The number of benzene rings is 1. The molecular weight excluding hydrogens is 239 g/mol. The molecule has 0 aliphatic rings. The summed E-state index contributed by atoms with van der Waals surface area (Å²) in [6.07, 6.45) is -7.39. The monoisotopic (exact) mass is 250 g/mol. The number of hydrogen-bond donors (Lipinski definition) is 2. The molecule has 0 aromatic heterocycles. The molecule has 0 spiro atoms. The van der Waals surface area contributed by atoms with Crippen LogP contribution in [0.1, 0.15) is 22.8 Å². The van der Waals surface area contributed by atoms with E-state index in [1.807, 2.05) is 0 Å². The van der Waals surface area contributed by atoms with E-state index in [-0.39, 0.29) is 22.4 Å². The lowest BCUT2D eigenvalue weighted by molar-refractivity contribution is -0.715. The maximum atomic E-state index is 12.3. The number of quaternary nitrogens is 1.